The summed E-state index contributed by atoms with van der Waals surface area (Å²) in [6.07, 6.45) is 1.15. The average molecular weight is 283 g/mol. The molecule has 6 nitrogen and oxygen atoms in total. The number of hydrogen-bond acceptors (Lipinski definition) is 5. The largest absolute Gasteiger partial charge is 0.381 e. The molecule has 0 spiro atoms. The van der Waals surface area contributed by atoms with Gasteiger partial charge in [-0.15, -0.1) is 0 Å². The standard InChI is InChI=1S/C12H11F2N3O3/c1-2-3-6-11(20-16-12(6)15)7-4-8(13)9(14)5-10(7)17(18)19/h4-5H,2-3H2,1H3,(H2,15,16). The van der Waals surface area contributed by atoms with Crippen molar-refractivity contribution >= 4 is 11.5 Å². The number of nitro groups is 1. The van der Waals surface area contributed by atoms with Gasteiger partial charge in [-0.1, -0.05) is 18.5 Å². The van der Waals surface area contributed by atoms with E-state index in [-0.39, 0.29) is 17.1 Å². The summed E-state index contributed by atoms with van der Waals surface area (Å²) in [4.78, 5) is 10.1. The van der Waals surface area contributed by atoms with Crippen molar-refractivity contribution in [3.63, 3.8) is 0 Å². The summed E-state index contributed by atoms with van der Waals surface area (Å²) in [5.74, 6) is -2.43. The molecule has 0 bridgehead atoms. The molecule has 0 saturated heterocycles. The van der Waals surface area contributed by atoms with E-state index < -0.39 is 22.2 Å². The fraction of sp³-hybridized carbons (Fsp3) is 0.250. The predicted molar refractivity (Wildman–Crippen MR) is 66.9 cm³/mol. The van der Waals surface area contributed by atoms with Gasteiger partial charge in [0.2, 0.25) is 0 Å². The molecule has 1 aromatic heterocycles. The van der Waals surface area contributed by atoms with E-state index in [0.29, 0.717) is 30.5 Å². The Morgan fingerprint density at radius 2 is 2.05 bits per heavy atom. The number of nitrogens with two attached hydrogens (primary N) is 1. The van der Waals surface area contributed by atoms with Gasteiger partial charge in [-0.05, 0) is 12.5 Å². The highest BCUT2D eigenvalue weighted by atomic mass is 19.2. The van der Waals surface area contributed by atoms with Crippen LogP contribution in [0.15, 0.2) is 16.7 Å². The zero-order valence-corrected chi connectivity index (χ0v) is 10.5. The van der Waals surface area contributed by atoms with Crippen molar-refractivity contribution in [1.82, 2.24) is 5.16 Å². The lowest BCUT2D eigenvalue weighted by atomic mass is 10.0. The van der Waals surface area contributed by atoms with Gasteiger partial charge in [0.15, 0.2) is 23.2 Å². The number of nitro benzene ring substituents is 1. The number of halogens is 2. The van der Waals surface area contributed by atoms with E-state index in [0.717, 1.165) is 0 Å². The number of aromatic nitrogens is 1. The molecule has 2 N–H and O–H groups in total. The number of hydrogen-bond donors (Lipinski definition) is 1. The van der Waals surface area contributed by atoms with Crippen molar-refractivity contribution in [2.45, 2.75) is 19.8 Å². The van der Waals surface area contributed by atoms with Gasteiger partial charge in [0.1, 0.15) is 5.56 Å². The van der Waals surface area contributed by atoms with Crippen molar-refractivity contribution in [3.8, 4) is 11.3 Å². The minimum absolute atomic E-state index is 0.00468. The van der Waals surface area contributed by atoms with Crippen LogP contribution in [-0.4, -0.2) is 10.1 Å². The van der Waals surface area contributed by atoms with Crippen LogP contribution in [0, 0.1) is 21.7 Å². The average Bonchev–Trinajstić information content (AvgIpc) is 2.74. The molecular weight excluding hydrogens is 272 g/mol. The summed E-state index contributed by atoms with van der Waals surface area (Å²) in [6, 6.07) is 1.23. The maximum absolute atomic E-state index is 13.3. The minimum Gasteiger partial charge on any atom is -0.381 e. The highest BCUT2D eigenvalue weighted by Crippen LogP contribution is 2.36. The van der Waals surface area contributed by atoms with Crippen LogP contribution in [0.1, 0.15) is 18.9 Å². The molecule has 0 radical (unpaired) electrons. The van der Waals surface area contributed by atoms with Crippen LogP contribution < -0.4 is 5.73 Å². The fourth-order valence-corrected chi connectivity index (χ4v) is 1.89. The Morgan fingerprint density at radius 1 is 1.40 bits per heavy atom. The Balaban J connectivity index is 2.69. The van der Waals surface area contributed by atoms with Gasteiger partial charge in [-0.25, -0.2) is 8.78 Å². The van der Waals surface area contributed by atoms with Crippen molar-refractivity contribution < 1.29 is 18.2 Å². The van der Waals surface area contributed by atoms with E-state index in [2.05, 4.69) is 5.16 Å². The van der Waals surface area contributed by atoms with Gasteiger partial charge in [-0.3, -0.25) is 10.1 Å². The Morgan fingerprint density at radius 3 is 2.65 bits per heavy atom. The van der Waals surface area contributed by atoms with E-state index in [4.69, 9.17) is 10.3 Å². The third kappa shape index (κ3) is 2.31. The molecule has 2 rings (SSSR count). The molecule has 0 amide bonds. The second kappa shape index (κ2) is 5.24. The summed E-state index contributed by atoms with van der Waals surface area (Å²) in [6.45, 7) is 1.87. The van der Waals surface area contributed by atoms with Gasteiger partial charge in [-0.2, -0.15) is 0 Å². The molecule has 0 aliphatic carbocycles. The second-order valence-corrected chi connectivity index (χ2v) is 4.17. The molecule has 0 fully saturated rings. The molecule has 8 heteroatoms. The van der Waals surface area contributed by atoms with Gasteiger partial charge in [0.25, 0.3) is 5.69 Å². The maximum atomic E-state index is 13.3. The zero-order valence-electron chi connectivity index (χ0n) is 10.5. The van der Waals surface area contributed by atoms with E-state index >= 15 is 0 Å². The lowest BCUT2D eigenvalue weighted by molar-refractivity contribution is -0.384. The first-order valence-electron chi connectivity index (χ1n) is 5.83. The summed E-state index contributed by atoms with van der Waals surface area (Å²) in [5.41, 5.74) is 5.28. The zero-order chi connectivity index (χ0) is 14.9. The monoisotopic (exact) mass is 283 g/mol. The molecule has 1 aromatic carbocycles. The second-order valence-electron chi connectivity index (χ2n) is 4.17. The van der Waals surface area contributed by atoms with Crippen LogP contribution in [0.5, 0.6) is 0 Å². The third-order valence-electron chi connectivity index (χ3n) is 2.80. The fourth-order valence-electron chi connectivity index (χ4n) is 1.89. The van der Waals surface area contributed by atoms with E-state index in [1.54, 1.807) is 0 Å². The lowest BCUT2D eigenvalue weighted by Crippen LogP contribution is -1.98. The molecule has 2 aromatic rings. The summed E-state index contributed by atoms with van der Waals surface area (Å²) in [5, 5.41) is 14.5. The van der Waals surface area contributed by atoms with Crippen molar-refractivity contribution in [2.75, 3.05) is 5.73 Å². The smallest absolute Gasteiger partial charge is 0.283 e. The molecule has 0 unspecified atom stereocenters. The molecule has 0 atom stereocenters. The molecule has 20 heavy (non-hydrogen) atoms. The van der Waals surface area contributed by atoms with Gasteiger partial charge in [0, 0.05) is 5.56 Å². The van der Waals surface area contributed by atoms with Crippen LogP contribution in [0.3, 0.4) is 0 Å². The van der Waals surface area contributed by atoms with Gasteiger partial charge >= 0.3 is 0 Å². The van der Waals surface area contributed by atoms with Gasteiger partial charge < -0.3 is 10.3 Å². The van der Waals surface area contributed by atoms with Gasteiger partial charge in [0.05, 0.1) is 11.0 Å². The first kappa shape index (κ1) is 13.9. The molecule has 106 valence electrons. The highest BCUT2D eigenvalue weighted by Gasteiger charge is 2.26. The van der Waals surface area contributed by atoms with Crippen LogP contribution in [0.25, 0.3) is 11.3 Å². The quantitative estimate of drug-likeness (QED) is 0.687. The van der Waals surface area contributed by atoms with Crippen LogP contribution in [0.2, 0.25) is 0 Å². The van der Waals surface area contributed by atoms with Crippen LogP contribution >= 0.6 is 0 Å². The predicted octanol–water partition coefficient (Wildman–Crippen LogP) is 3.06. The number of benzene rings is 1. The molecular formula is C12H11F2N3O3. The Labute approximate surface area is 112 Å². The first-order chi connectivity index (χ1) is 9.45. The van der Waals surface area contributed by atoms with Crippen LogP contribution in [-0.2, 0) is 6.42 Å². The first-order valence-corrected chi connectivity index (χ1v) is 5.83. The Bertz CT molecular complexity index is 670. The Hall–Kier alpha value is -2.51. The summed E-state index contributed by atoms with van der Waals surface area (Å²) in [7, 11) is 0. The van der Waals surface area contributed by atoms with E-state index in [1.807, 2.05) is 6.92 Å². The molecule has 1 heterocycles. The summed E-state index contributed by atoms with van der Waals surface area (Å²) >= 11 is 0. The SMILES string of the molecule is CCCc1c(N)noc1-c1cc(F)c(F)cc1[N+](=O)[O-]. The van der Waals surface area contributed by atoms with E-state index in [9.17, 15) is 18.9 Å². The minimum atomic E-state index is -1.30. The third-order valence-corrected chi connectivity index (χ3v) is 2.80. The van der Waals surface area contributed by atoms with Crippen molar-refractivity contribution in [2.24, 2.45) is 0 Å². The number of nitrogen functional groups attached to an aromatic ring is 1. The maximum Gasteiger partial charge on any atom is 0.283 e. The number of nitrogens with zero attached hydrogens (tertiary/aromatic N) is 2. The topological polar surface area (TPSA) is 95.2 Å². The normalized spacial score (nSPS) is 10.8. The van der Waals surface area contributed by atoms with Crippen molar-refractivity contribution in [1.29, 1.82) is 0 Å². The van der Waals surface area contributed by atoms with Crippen LogP contribution in [0.4, 0.5) is 20.3 Å². The number of anilines is 1. The lowest BCUT2D eigenvalue weighted by Gasteiger charge is -2.03. The van der Waals surface area contributed by atoms with Crippen molar-refractivity contribution in [3.05, 3.63) is 39.4 Å². The number of rotatable bonds is 4. The molecule has 0 aliphatic heterocycles. The van der Waals surface area contributed by atoms with E-state index in [1.165, 1.54) is 0 Å². The highest BCUT2D eigenvalue weighted by molar-refractivity contribution is 5.74. The summed E-state index contributed by atoms with van der Waals surface area (Å²) < 4.78 is 31.4. The molecule has 0 saturated carbocycles. The molecule has 0 aliphatic rings. The Kier molecular flexibility index (Phi) is 3.64.